The SMILES string of the molecule is CCCCCOC(=O)Nc1ccc(S(=O)(=O)Nc2ccc([N+](=O)[O-])cc2)cc1. The molecule has 0 atom stereocenters. The summed E-state index contributed by atoms with van der Waals surface area (Å²) in [6.07, 6.45) is 2.18. The molecule has 150 valence electrons. The zero-order valence-corrected chi connectivity index (χ0v) is 16.1. The predicted molar refractivity (Wildman–Crippen MR) is 105 cm³/mol. The van der Waals surface area contributed by atoms with E-state index in [0.29, 0.717) is 12.3 Å². The van der Waals surface area contributed by atoms with Crippen molar-refractivity contribution >= 4 is 33.2 Å². The molecule has 0 unspecified atom stereocenters. The lowest BCUT2D eigenvalue weighted by molar-refractivity contribution is -0.384. The molecule has 0 radical (unpaired) electrons. The summed E-state index contributed by atoms with van der Waals surface area (Å²) >= 11 is 0. The van der Waals surface area contributed by atoms with Crippen LogP contribution in [0.2, 0.25) is 0 Å². The highest BCUT2D eigenvalue weighted by Crippen LogP contribution is 2.20. The lowest BCUT2D eigenvalue weighted by atomic mass is 10.3. The molecule has 0 fully saturated rings. The first kappa shape index (κ1) is 21.2. The number of nitro groups is 1. The number of carbonyl (C=O) groups excluding carboxylic acids is 1. The highest BCUT2D eigenvalue weighted by molar-refractivity contribution is 7.92. The van der Waals surface area contributed by atoms with Crippen LogP contribution in [0, 0.1) is 10.1 Å². The van der Waals surface area contributed by atoms with Crippen LogP contribution in [-0.2, 0) is 14.8 Å². The minimum atomic E-state index is -3.88. The van der Waals surface area contributed by atoms with Crippen molar-refractivity contribution in [1.29, 1.82) is 0 Å². The van der Waals surface area contributed by atoms with Gasteiger partial charge in [-0.2, -0.15) is 0 Å². The van der Waals surface area contributed by atoms with Crippen molar-refractivity contribution in [2.24, 2.45) is 0 Å². The van der Waals surface area contributed by atoms with Crippen molar-refractivity contribution in [2.75, 3.05) is 16.6 Å². The molecule has 0 aliphatic heterocycles. The van der Waals surface area contributed by atoms with E-state index in [0.717, 1.165) is 19.3 Å². The third-order valence-electron chi connectivity index (χ3n) is 3.72. The fourth-order valence-electron chi connectivity index (χ4n) is 2.25. The van der Waals surface area contributed by atoms with Gasteiger partial charge >= 0.3 is 6.09 Å². The number of amides is 1. The van der Waals surface area contributed by atoms with Crippen LogP contribution in [0.25, 0.3) is 0 Å². The second-order valence-electron chi connectivity index (χ2n) is 5.90. The molecular weight excluding hydrogens is 386 g/mol. The second kappa shape index (κ2) is 9.70. The van der Waals surface area contributed by atoms with E-state index in [4.69, 9.17) is 4.74 Å². The number of anilines is 2. The molecule has 2 rings (SSSR count). The number of hydrogen-bond acceptors (Lipinski definition) is 6. The topological polar surface area (TPSA) is 128 Å². The Morgan fingerprint density at radius 2 is 1.64 bits per heavy atom. The molecule has 2 aromatic carbocycles. The van der Waals surface area contributed by atoms with Crippen molar-refractivity contribution in [1.82, 2.24) is 0 Å². The Balaban J connectivity index is 1.97. The molecule has 1 amide bonds. The zero-order valence-electron chi connectivity index (χ0n) is 15.3. The molecule has 0 bridgehead atoms. The minimum Gasteiger partial charge on any atom is -0.449 e. The molecule has 0 heterocycles. The smallest absolute Gasteiger partial charge is 0.411 e. The number of rotatable bonds is 9. The first-order chi connectivity index (χ1) is 13.3. The summed E-state index contributed by atoms with van der Waals surface area (Å²) in [4.78, 5) is 21.7. The number of hydrogen-bond donors (Lipinski definition) is 2. The summed E-state index contributed by atoms with van der Waals surface area (Å²) in [5.41, 5.74) is 0.457. The molecule has 10 heteroatoms. The molecule has 9 nitrogen and oxygen atoms in total. The maximum absolute atomic E-state index is 12.4. The van der Waals surface area contributed by atoms with E-state index in [-0.39, 0.29) is 16.3 Å². The number of non-ortho nitro benzene ring substituents is 1. The van der Waals surface area contributed by atoms with Crippen molar-refractivity contribution in [2.45, 2.75) is 31.1 Å². The Morgan fingerprint density at radius 3 is 2.21 bits per heavy atom. The average Bonchev–Trinajstić information content (AvgIpc) is 2.66. The fourth-order valence-corrected chi connectivity index (χ4v) is 3.31. The Hall–Kier alpha value is -3.14. The lowest BCUT2D eigenvalue weighted by Crippen LogP contribution is -2.15. The van der Waals surface area contributed by atoms with Gasteiger partial charge in [-0.1, -0.05) is 19.8 Å². The van der Waals surface area contributed by atoms with Gasteiger partial charge in [0.15, 0.2) is 0 Å². The van der Waals surface area contributed by atoms with Gasteiger partial charge in [0.2, 0.25) is 0 Å². The van der Waals surface area contributed by atoms with E-state index in [1.165, 1.54) is 48.5 Å². The molecule has 0 aliphatic rings. The Kier molecular flexibility index (Phi) is 7.33. The van der Waals surface area contributed by atoms with Crippen molar-refractivity contribution < 1.29 is 22.9 Å². The molecular formula is C18H21N3O6S. The Morgan fingerprint density at radius 1 is 1.04 bits per heavy atom. The summed E-state index contributed by atoms with van der Waals surface area (Å²) in [5, 5.41) is 13.2. The molecule has 0 saturated heterocycles. The van der Waals surface area contributed by atoms with Gasteiger partial charge in [0, 0.05) is 23.5 Å². The summed E-state index contributed by atoms with van der Waals surface area (Å²) in [6.45, 7) is 2.37. The van der Waals surface area contributed by atoms with Gasteiger partial charge in [-0.3, -0.25) is 20.2 Å². The van der Waals surface area contributed by atoms with Crippen LogP contribution < -0.4 is 10.0 Å². The van der Waals surface area contributed by atoms with Crippen LogP contribution in [0.4, 0.5) is 21.9 Å². The number of benzene rings is 2. The van der Waals surface area contributed by atoms with Gasteiger partial charge < -0.3 is 4.74 Å². The van der Waals surface area contributed by atoms with Crippen LogP contribution in [0.3, 0.4) is 0 Å². The van der Waals surface area contributed by atoms with Crippen molar-refractivity contribution in [3.05, 3.63) is 58.6 Å². The molecule has 0 aromatic heterocycles. The normalized spacial score (nSPS) is 10.9. The molecule has 0 spiro atoms. The largest absolute Gasteiger partial charge is 0.449 e. The summed E-state index contributed by atoms with van der Waals surface area (Å²) < 4.78 is 32.2. The standard InChI is InChI=1S/C18H21N3O6S/c1-2-3-4-13-27-18(22)19-14-7-11-17(12-8-14)28(25,26)20-15-5-9-16(10-6-15)21(23)24/h5-12,20H,2-4,13H2,1H3,(H,19,22). The number of nitrogens with one attached hydrogen (secondary N) is 2. The Labute approximate surface area is 162 Å². The highest BCUT2D eigenvalue weighted by Gasteiger charge is 2.15. The molecule has 0 saturated carbocycles. The average molecular weight is 407 g/mol. The van der Waals surface area contributed by atoms with Crippen LogP contribution in [0.15, 0.2) is 53.4 Å². The zero-order chi connectivity index (χ0) is 20.6. The van der Waals surface area contributed by atoms with Gasteiger partial charge in [0.05, 0.1) is 16.4 Å². The van der Waals surface area contributed by atoms with Gasteiger partial charge in [0.1, 0.15) is 0 Å². The van der Waals surface area contributed by atoms with Crippen LogP contribution in [0.5, 0.6) is 0 Å². The predicted octanol–water partition coefficient (Wildman–Crippen LogP) is 4.13. The van der Waals surface area contributed by atoms with E-state index < -0.39 is 21.0 Å². The third kappa shape index (κ3) is 6.23. The first-order valence-corrected chi connectivity index (χ1v) is 10.1. The summed E-state index contributed by atoms with van der Waals surface area (Å²) in [7, 11) is -3.88. The maximum atomic E-state index is 12.4. The van der Waals surface area contributed by atoms with Gasteiger partial charge in [-0.25, -0.2) is 13.2 Å². The van der Waals surface area contributed by atoms with Crippen LogP contribution in [-0.4, -0.2) is 26.0 Å². The quantitative estimate of drug-likeness (QED) is 0.365. The van der Waals surface area contributed by atoms with Gasteiger partial charge in [-0.05, 0) is 42.8 Å². The third-order valence-corrected chi connectivity index (χ3v) is 5.12. The van der Waals surface area contributed by atoms with E-state index in [9.17, 15) is 23.3 Å². The fraction of sp³-hybridized carbons (Fsp3) is 0.278. The van der Waals surface area contributed by atoms with E-state index in [1.54, 1.807) is 0 Å². The molecule has 2 N–H and O–H groups in total. The summed E-state index contributed by atoms with van der Waals surface area (Å²) in [5.74, 6) is 0. The van der Waals surface area contributed by atoms with Gasteiger partial charge in [0.25, 0.3) is 15.7 Å². The number of ether oxygens (including phenoxy) is 1. The van der Waals surface area contributed by atoms with E-state index in [1.807, 2.05) is 6.92 Å². The lowest BCUT2D eigenvalue weighted by Gasteiger charge is -2.10. The van der Waals surface area contributed by atoms with Crippen LogP contribution >= 0.6 is 0 Å². The highest BCUT2D eigenvalue weighted by atomic mass is 32.2. The van der Waals surface area contributed by atoms with Crippen molar-refractivity contribution in [3.63, 3.8) is 0 Å². The summed E-state index contributed by atoms with van der Waals surface area (Å²) in [6, 6.07) is 10.6. The second-order valence-corrected chi connectivity index (χ2v) is 7.58. The molecule has 28 heavy (non-hydrogen) atoms. The van der Waals surface area contributed by atoms with Crippen molar-refractivity contribution in [3.8, 4) is 0 Å². The van der Waals surface area contributed by atoms with E-state index in [2.05, 4.69) is 10.0 Å². The first-order valence-electron chi connectivity index (χ1n) is 8.63. The number of sulfonamides is 1. The van der Waals surface area contributed by atoms with E-state index >= 15 is 0 Å². The number of nitro benzene ring substituents is 1. The molecule has 0 aliphatic carbocycles. The van der Waals surface area contributed by atoms with Crippen LogP contribution in [0.1, 0.15) is 26.2 Å². The number of unbranched alkanes of at least 4 members (excludes halogenated alkanes) is 2. The number of nitrogens with zero attached hydrogens (tertiary/aromatic N) is 1. The van der Waals surface area contributed by atoms with Gasteiger partial charge in [-0.15, -0.1) is 0 Å². The minimum absolute atomic E-state index is 0.0206. The Bertz CT molecular complexity index is 911. The maximum Gasteiger partial charge on any atom is 0.411 e. The molecule has 2 aromatic rings. The monoisotopic (exact) mass is 407 g/mol. The number of carbonyl (C=O) groups is 1.